The molecule has 1 aromatic carbocycles. The predicted octanol–water partition coefficient (Wildman–Crippen LogP) is 4.62. The van der Waals surface area contributed by atoms with Gasteiger partial charge in [-0.1, -0.05) is 0 Å². The minimum absolute atomic E-state index is 0.0978. The van der Waals surface area contributed by atoms with Gasteiger partial charge in [-0.2, -0.15) is 0 Å². The van der Waals surface area contributed by atoms with Crippen LogP contribution in [0.5, 0.6) is 0 Å². The van der Waals surface area contributed by atoms with E-state index in [0.29, 0.717) is 11.5 Å². The molecule has 4 rings (SSSR count). The van der Waals surface area contributed by atoms with Crippen LogP contribution in [0.3, 0.4) is 0 Å². The number of carbonyl (C=O) groups is 1. The van der Waals surface area contributed by atoms with E-state index in [4.69, 9.17) is 4.42 Å². The third kappa shape index (κ3) is 2.69. The SMILES string of the molecule is O=C(Nc1ccc2oc(C3CC3)nc2c1)c1csc(I)c1. The zero-order valence-corrected chi connectivity index (χ0v) is 13.9. The Balaban J connectivity index is 1.59. The second-order valence-electron chi connectivity index (χ2n) is 5.10. The first-order valence-electron chi connectivity index (χ1n) is 6.65. The number of fused-ring (bicyclic) bond motifs is 1. The number of nitrogens with one attached hydrogen (secondary N) is 1. The molecule has 1 saturated carbocycles. The van der Waals surface area contributed by atoms with Crippen molar-refractivity contribution < 1.29 is 9.21 Å². The molecule has 106 valence electrons. The van der Waals surface area contributed by atoms with Gasteiger partial charge in [-0.3, -0.25) is 4.79 Å². The summed E-state index contributed by atoms with van der Waals surface area (Å²) in [5, 5.41) is 4.76. The molecule has 2 heterocycles. The number of rotatable bonds is 3. The number of anilines is 1. The van der Waals surface area contributed by atoms with E-state index in [0.717, 1.165) is 38.4 Å². The quantitative estimate of drug-likeness (QED) is 0.641. The van der Waals surface area contributed by atoms with E-state index in [2.05, 4.69) is 32.9 Å². The molecule has 0 saturated heterocycles. The summed E-state index contributed by atoms with van der Waals surface area (Å²) in [7, 11) is 0. The lowest BCUT2D eigenvalue weighted by molar-refractivity contribution is 0.102. The third-order valence-electron chi connectivity index (χ3n) is 3.42. The molecule has 0 spiro atoms. The van der Waals surface area contributed by atoms with Gasteiger partial charge >= 0.3 is 0 Å². The molecular weight excluding hydrogens is 399 g/mol. The van der Waals surface area contributed by atoms with Crippen LogP contribution in [-0.2, 0) is 0 Å². The first-order chi connectivity index (χ1) is 10.2. The summed E-state index contributed by atoms with van der Waals surface area (Å²) in [5.74, 6) is 1.21. The topological polar surface area (TPSA) is 55.1 Å². The van der Waals surface area contributed by atoms with Crippen molar-refractivity contribution in [1.29, 1.82) is 0 Å². The van der Waals surface area contributed by atoms with Crippen LogP contribution in [0.2, 0.25) is 0 Å². The molecule has 0 aliphatic heterocycles. The minimum atomic E-state index is -0.0978. The summed E-state index contributed by atoms with van der Waals surface area (Å²) in [5.41, 5.74) is 3.00. The Labute approximate surface area is 138 Å². The number of carbonyl (C=O) groups excluding carboxylic acids is 1. The first kappa shape index (κ1) is 13.3. The number of halogens is 1. The van der Waals surface area contributed by atoms with Crippen LogP contribution in [0.4, 0.5) is 5.69 Å². The molecule has 6 heteroatoms. The highest BCUT2D eigenvalue weighted by Crippen LogP contribution is 2.40. The van der Waals surface area contributed by atoms with Crippen LogP contribution in [0, 0.1) is 2.88 Å². The molecule has 1 amide bonds. The fourth-order valence-corrected chi connectivity index (χ4v) is 3.49. The fourth-order valence-electron chi connectivity index (χ4n) is 2.16. The molecular formula is C15H11IN2O2S. The van der Waals surface area contributed by atoms with E-state index in [1.165, 1.54) is 0 Å². The van der Waals surface area contributed by atoms with Gasteiger partial charge in [-0.05, 0) is 59.7 Å². The monoisotopic (exact) mass is 410 g/mol. The Morgan fingerprint density at radius 1 is 1.38 bits per heavy atom. The van der Waals surface area contributed by atoms with Crippen molar-refractivity contribution in [1.82, 2.24) is 4.98 Å². The molecule has 0 unspecified atom stereocenters. The Morgan fingerprint density at radius 2 is 2.24 bits per heavy atom. The van der Waals surface area contributed by atoms with Crippen molar-refractivity contribution in [3.63, 3.8) is 0 Å². The lowest BCUT2D eigenvalue weighted by atomic mass is 10.2. The second kappa shape index (κ2) is 5.10. The van der Waals surface area contributed by atoms with E-state index >= 15 is 0 Å². The van der Waals surface area contributed by atoms with E-state index < -0.39 is 0 Å². The molecule has 0 radical (unpaired) electrons. The van der Waals surface area contributed by atoms with Crippen molar-refractivity contribution in [2.45, 2.75) is 18.8 Å². The van der Waals surface area contributed by atoms with Gasteiger partial charge in [0.1, 0.15) is 5.52 Å². The summed E-state index contributed by atoms with van der Waals surface area (Å²) in [6.07, 6.45) is 2.32. The number of nitrogens with zero attached hydrogens (tertiary/aromatic N) is 1. The van der Waals surface area contributed by atoms with Gasteiger partial charge in [-0.25, -0.2) is 4.98 Å². The van der Waals surface area contributed by atoms with Crippen LogP contribution in [0.15, 0.2) is 34.1 Å². The number of aromatic nitrogens is 1. The van der Waals surface area contributed by atoms with Gasteiger partial charge in [-0.15, -0.1) is 11.3 Å². The highest BCUT2D eigenvalue weighted by Gasteiger charge is 2.28. The molecule has 4 nitrogen and oxygen atoms in total. The van der Waals surface area contributed by atoms with Gasteiger partial charge in [0.05, 0.1) is 8.45 Å². The van der Waals surface area contributed by atoms with Crippen LogP contribution in [0.25, 0.3) is 11.1 Å². The maximum absolute atomic E-state index is 12.1. The number of oxazole rings is 1. The molecule has 1 aliphatic carbocycles. The largest absolute Gasteiger partial charge is 0.440 e. The van der Waals surface area contributed by atoms with E-state index in [1.54, 1.807) is 11.3 Å². The Bertz CT molecular complexity index is 835. The highest BCUT2D eigenvalue weighted by molar-refractivity contribution is 14.1. The first-order valence-corrected chi connectivity index (χ1v) is 8.61. The van der Waals surface area contributed by atoms with Gasteiger partial charge in [0.25, 0.3) is 5.91 Å². The normalized spacial score (nSPS) is 14.5. The Kier molecular flexibility index (Phi) is 3.22. The standard InChI is InChI=1S/C15H11IN2O2S/c16-13-5-9(7-21-13)14(19)17-10-3-4-12-11(6-10)18-15(20-12)8-1-2-8/h3-8H,1-2H2,(H,17,19). The minimum Gasteiger partial charge on any atom is -0.440 e. The maximum atomic E-state index is 12.1. The zero-order valence-electron chi connectivity index (χ0n) is 10.9. The summed E-state index contributed by atoms with van der Waals surface area (Å²) < 4.78 is 6.81. The van der Waals surface area contributed by atoms with E-state index in [9.17, 15) is 4.79 Å². The van der Waals surface area contributed by atoms with Crippen molar-refractivity contribution >= 4 is 56.6 Å². The average molecular weight is 410 g/mol. The Hall–Kier alpha value is -1.41. The number of benzene rings is 1. The smallest absolute Gasteiger partial charge is 0.256 e. The van der Waals surface area contributed by atoms with E-state index in [1.807, 2.05) is 29.6 Å². The van der Waals surface area contributed by atoms with Crippen LogP contribution < -0.4 is 5.32 Å². The van der Waals surface area contributed by atoms with Crippen LogP contribution >= 0.6 is 33.9 Å². The Morgan fingerprint density at radius 3 is 2.95 bits per heavy atom. The summed E-state index contributed by atoms with van der Waals surface area (Å²) in [4.78, 5) is 16.6. The summed E-state index contributed by atoms with van der Waals surface area (Å²) in [6, 6.07) is 7.45. The number of amides is 1. The van der Waals surface area contributed by atoms with Crippen LogP contribution in [-0.4, -0.2) is 10.9 Å². The molecule has 1 N–H and O–H groups in total. The lowest BCUT2D eigenvalue weighted by Gasteiger charge is -2.02. The molecule has 0 bridgehead atoms. The fraction of sp³-hybridized carbons (Fsp3) is 0.200. The molecule has 1 fully saturated rings. The van der Waals surface area contributed by atoms with Gasteiger partial charge in [0.15, 0.2) is 11.5 Å². The van der Waals surface area contributed by atoms with Gasteiger partial charge in [0.2, 0.25) is 0 Å². The number of thiophene rings is 1. The van der Waals surface area contributed by atoms with Crippen molar-refractivity contribution in [2.24, 2.45) is 0 Å². The summed E-state index contributed by atoms with van der Waals surface area (Å²) >= 11 is 3.77. The average Bonchev–Trinajstić information content (AvgIpc) is 3.09. The van der Waals surface area contributed by atoms with Gasteiger partial charge in [0, 0.05) is 17.0 Å². The molecule has 1 aliphatic rings. The predicted molar refractivity (Wildman–Crippen MR) is 91.0 cm³/mol. The van der Waals surface area contributed by atoms with Crippen LogP contribution in [0.1, 0.15) is 35.0 Å². The number of hydrogen-bond acceptors (Lipinski definition) is 4. The van der Waals surface area contributed by atoms with Crippen molar-refractivity contribution in [3.05, 3.63) is 44.0 Å². The van der Waals surface area contributed by atoms with Crippen molar-refractivity contribution in [3.8, 4) is 0 Å². The second-order valence-corrected chi connectivity index (χ2v) is 7.91. The highest BCUT2D eigenvalue weighted by atomic mass is 127. The third-order valence-corrected chi connectivity index (χ3v) is 5.21. The molecule has 3 aromatic rings. The van der Waals surface area contributed by atoms with Crippen molar-refractivity contribution in [2.75, 3.05) is 5.32 Å². The maximum Gasteiger partial charge on any atom is 0.256 e. The molecule has 2 aromatic heterocycles. The zero-order chi connectivity index (χ0) is 14.4. The van der Waals surface area contributed by atoms with E-state index in [-0.39, 0.29) is 5.91 Å². The lowest BCUT2D eigenvalue weighted by Crippen LogP contribution is -2.10. The van der Waals surface area contributed by atoms with Gasteiger partial charge < -0.3 is 9.73 Å². The summed E-state index contributed by atoms with van der Waals surface area (Å²) in [6.45, 7) is 0. The number of hydrogen-bond donors (Lipinski definition) is 1. The molecule has 0 atom stereocenters. The molecule has 21 heavy (non-hydrogen) atoms.